The van der Waals surface area contributed by atoms with Crippen LogP contribution in [-0.4, -0.2) is 71.2 Å². The van der Waals surface area contributed by atoms with Gasteiger partial charge in [0.2, 0.25) is 16.0 Å². The number of aromatic nitrogens is 1. The summed E-state index contributed by atoms with van der Waals surface area (Å²) in [5.41, 5.74) is 1.40. The number of benzene rings is 1. The van der Waals surface area contributed by atoms with Crippen LogP contribution in [0.1, 0.15) is 23.0 Å². The highest BCUT2D eigenvalue weighted by molar-refractivity contribution is 7.89. The van der Waals surface area contributed by atoms with E-state index in [1.54, 1.807) is 0 Å². The summed E-state index contributed by atoms with van der Waals surface area (Å²) in [5.74, 6) is -7.13. The number of halogens is 3. The average Bonchev–Trinajstić information content (AvgIpc) is 2.69. The number of carbonyl (C=O) groups is 1. The molecule has 0 bridgehead atoms. The lowest BCUT2D eigenvalue weighted by atomic mass is 9.52. The van der Waals surface area contributed by atoms with Gasteiger partial charge in [0.15, 0.2) is 17.5 Å². The van der Waals surface area contributed by atoms with Gasteiger partial charge >= 0.3 is 0 Å². The number of ether oxygens (including phenoxy) is 1. The highest BCUT2D eigenvalue weighted by atomic mass is 32.2. The summed E-state index contributed by atoms with van der Waals surface area (Å²) in [6.45, 7) is 1.07. The lowest BCUT2D eigenvalue weighted by Gasteiger charge is -2.35. The lowest BCUT2D eigenvalue weighted by Crippen LogP contribution is -2.50. The number of hydrogen-bond donors (Lipinski definition) is 2. The summed E-state index contributed by atoms with van der Waals surface area (Å²) in [4.78, 5) is 20.1. The quantitative estimate of drug-likeness (QED) is 0.454. The molecule has 3 rings (SSSR count). The predicted octanol–water partition coefficient (Wildman–Crippen LogP) is 0.0519. The molecule has 1 aromatic carbocycles. The van der Waals surface area contributed by atoms with Gasteiger partial charge in [0, 0.05) is 13.1 Å². The zero-order valence-corrected chi connectivity index (χ0v) is 18.7. The van der Waals surface area contributed by atoms with Crippen molar-refractivity contribution in [1.82, 2.24) is 9.29 Å². The molecule has 0 spiro atoms. The molecule has 1 aliphatic rings. The Morgan fingerprint density at radius 1 is 1.26 bits per heavy atom. The highest BCUT2D eigenvalue weighted by Crippen LogP contribution is 2.38. The molecule has 0 unspecified atom stereocenters. The van der Waals surface area contributed by atoms with Crippen molar-refractivity contribution in [2.45, 2.75) is 17.8 Å². The number of sulfonamides is 1. The van der Waals surface area contributed by atoms with Crippen LogP contribution in [-0.2, 0) is 15.6 Å². The number of guanidine groups is 1. The van der Waals surface area contributed by atoms with E-state index in [2.05, 4.69) is 15.3 Å². The van der Waals surface area contributed by atoms with Gasteiger partial charge in [0.25, 0.3) is 5.91 Å². The van der Waals surface area contributed by atoms with Crippen molar-refractivity contribution in [2.24, 2.45) is 10.7 Å². The van der Waals surface area contributed by atoms with E-state index in [-0.39, 0.29) is 11.4 Å². The van der Waals surface area contributed by atoms with Crippen molar-refractivity contribution in [3.63, 3.8) is 0 Å². The first-order valence-corrected chi connectivity index (χ1v) is 11.0. The number of carbonyl (C=O) groups excluding carboxylic acids is 1. The Labute approximate surface area is 197 Å². The number of anilines is 1. The smallest absolute Gasteiger partial charge is 0.274 e. The second kappa shape index (κ2) is 8.56. The summed E-state index contributed by atoms with van der Waals surface area (Å²) in [7, 11) is 12.9. The van der Waals surface area contributed by atoms with Crippen LogP contribution < -0.4 is 15.8 Å². The largest absolute Gasteiger partial charge is 0.514 e. The van der Waals surface area contributed by atoms with Gasteiger partial charge in [0.1, 0.15) is 40.5 Å². The maximum Gasteiger partial charge on any atom is 0.274 e. The van der Waals surface area contributed by atoms with Gasteiger partial charge in [-0.25, -0.2) is 35.9 Å². The maximum absolute atomic E-state index is 15.3. The normalized spacial score (nSPS) is 19.9. The Kier molecular flexibility index (Phi) is 6.42. The zero-order valence-electron chi connectivity index (χ0n) is 17.8. The second-order valence-electron chi connectivity index (χ2n) is 7.67. The fraction of sp³-hybridized carbons (Fsp3) is 0.278. The van der Waals surface area contributed by atoms with Crippen LogP contribution in [0.4, 0.5) is 18.9 Å². The van der Waals surface area contributed by atoms with Crippen LogP contribution in [0.25, 0.3) is 0 Å². The molecule has 2 aromatic rings. The van der Waals surface area contributed by atoms with Gasteiger partial charge in [-0.05, 0) is 24.4 Å². The fourth-order valence-corrected chi connectivity index (χ4v) is 4.65. The zero-order chi connectivity index (χ0) is 25.6. The molecular formula is C18H15B3F3N5O4S. The first kappa shape index (κ1) is 25.5. The Morgan fingerprint density at radius 3 is 2.44 bits per heavy atom. The first-order valence-electron chi connectivity index (χ1n) is 9.37. The number of nitrogens with zero attached hydrogens (tertiary/aromatic N) is 3. The van der Waals surface area contributed by atoms with E-state index in [1.165, 1.54) is 6.07 Å². The van der Waals surface area contributed by atoms with Crippen LogP contribution in [0.2, 0.25) is 0 Å². The van der Waals surface area contributed by atoms with Crippen molar-refractivity contribution in [1.29, 1.82) is 0 Å². The van der Waals surface area contributed by atoms with Gasteiger partial charge in [-0.3, -0.25) is 4.79 Å². The van der Waals surface area contributed by atoms with Crippen LogP contribution in [0.5, 0.6) is 5.75 Å². The van der Waals surface area contributed by atoms with E-state index in [1.807, 2.05) is 0 Å². The maximum atomic E-state index is 15.3. The van der Waals surface area contributed by atoms with E-state index in [4.69, 9.17) is 34.0 Å². The van der Waals surface area contributed by atoms with E-state index in [0.29, 0.717) is 10.4 Å². The first-order chi connectivity index (χ1) is 15.5. The van der Waals surface area contributed by atoms with E-state index >= 15 is 4.39 Å². The van der Waals surface area contributed by atoms with Crippen molar-refractivity contribution >= 4 is 51.1 Å². The van der Waals surface area contributed by atoms with Crippen LogP contribution in [0.3, 0.4) is 0 Å². The van der Waals surface area contributed by atoms with Crippen LogP contribution in [0, 0.1) is 17.5 Å². The SMILES string of the molecule is [B]C([B])([B])Oc1ccc(C(=O)Nc2cc(F)c(F)c([C@]3(C)CS(=O)(=O)N(C)C(N)=N3)c2F)nc1. The van der Waals surface area contributed by atoms with Gasteiger partial charge < -0.3 is 15.8 Å². The minimum Gasteiger partial charge on any atom is -0.514 e. The van der Waals surface area contributed by atoms with E-state index < -0.39 is 67.2 Å². The Bertz CT molecular complexity index is 1290. The molecular weight excluding hydrogens is 472 g/mol. The van der Waals surface area contributed by atoms with E-state index in [9.17, 15) is 22.0 Å². The summed E-state index contributed by atoms with van der Waals surface area (Å²) < 4.78 is 74.7. The summed E-state index contributed by atoms with van der Waals surface area (Å²) >= 11 is 0. The minimum absolute atomic E-state index is 0.0113. The molecule has 0 aliphatic carbocycles. The molecule has 0 fully saturated rings. The number of amides is 1. The standard InChI is InChI=1S/C18H15B3F3N5O4S/c1-17(7-34(31,32)29(2)16(25)28-17)12-13(23)9(22)5-11(14(12)24)27-15(30)10-4-3-8(6-26-10)33-18(19,20)21/h3-6H,7H2,1-2H3,(H2,25,28)(H,27,30)/t17-/m0/s1. The topological polar surface area (TPSA) is 127 Å². The molecule has 34 heavy (non-hydrogen) atoms. The van der Waals surface area contributed by atoms with Crippen LogP contribution >= 0.6 is 0 Å². The third-order valence-electron chi connectivity index (χ3n) is 4.77. The summed E-state index contributed by atoms with van der Waals surface area (Å²) in [5, 5.41) is 0.0621. The minimum atomic E-state index is -4.12. The Balaban J connectivity index is 1.99. The van der Waals surface area contributed by atoms with Crippen molar-refractivity contribution in [2.75, 3.05) is 18.1 Å². The molecule has 0 saturated carbocycles. The van der Waals surface area contributed by atoms with Gasteiger partial charge in [-0.2, -0.15) is 0 Å². The van der Waals surface area contributed by atoms with Crippen molar-refractivity contribution in [3.05, 3.63) is 53.1 Å². The monoisotopic (exact) mass is 487 g/mol. The number of pyridine rings is 1. The molecule has 2 heterocycles. The molecule has 1 amide bonds. The second-order valence-corrected chi connectivity index (χ2v) is 9.67. The average molecular weight is 487 g/mol. The third kappa shape index (κ3) is 5.01. The third-order valence-corrected chi connectivity index (χ3v) is 6.72. The number of nitrogens with two attached hydrogens (primary N) is 1. The molecule has 1 aromatic heterocycles. The Morgan fingerprint density at radius 2 is 1.91 bits per heavy atom. The molecule has 1 aliphatic heterocycles. The number of nitrogens with one attached hydrogen (secondary N) is 1. The number of aliphatic imine (C=N–C) groups is 1. The van der Waals surface area contributed by atoms with Crippen molar-refractivity contribution in [3.8, 4) is 5.75 Å². The van der Waals surface area contributed by atoms with E-state index in [0.717, 1.165) is 26.2 Å². The van der Waals surface area contributed by atoms with Gasteiger partial charge in [-0.1, -0.05) is 0 Å². The lowest BCUT2D eigenvalue weighted by molar-refractivity contribution is 0.102. The van der Waals surface area contributed by atoms with Gasteiger partial charge in [0.05, 0.1) is 23.2 Å². The molecule has 172 valence electrons. The fourth-order valence-electron chi connectivity index (χ4n) is 3.21. The molecule has 3 N–H and O–H groups in total. The Hall–Kier alpha value is -3.16. The summed E-state index contributed by atoms with van der Waals surface area (Å²) in [6, 6.07) is 2.78. The molecule has 9 nitrogen and oxygen atoms in total. The number of hydrogen-bond acceptors (Lipinski definition) is 7. The number of rotatable bonds is 5. The predicted molar refractivity (Wildman–Crippen MR) is 120 cm³/mol. The van der Waals surface area contributed by atoms with Gasteiger partial charge in [-0.15, -0.1) is 0 Å². The molecule has 6 radical (unpaired) electrons. The molecule has 0 saturated heterocycles. The van der Waals surface area contributed by atoms with Crippen molar-refractivity contribution < 1.29 is 31.1 Å². The molecule has 16 heteroatoms. The highest BCUT2D eigenvalue weighted by Gasteiger charge is 2.44. The van der Waals surface area contributed by atoms with Crippen LogP contribution in [0.15, 0.2) is 29.4 Å². The molecule has 1 atom stereocenters. The summed E-state index contributed by atoms with van der Waals surface area (Å²) in [6.07, 6.45) is 1.05.